The van der Waals surface area contributed by atoms with Gasteiger partial charge in [0.2, 0.25) is 5.91 Å². The molecule has 0 aromatic heterocycles. The molecule has 0 bridgehead atoms. The Balaban J connectivity index is 2.93. The van der Waals surface area contributed by atoms with Gasteiger partial charge < -0.3 is 16.0 Å². The average Bonchev–Trinajstić information content (AvgIpc) is 2.37. The summed E-state index contributed by atoms with van der Waals surface area (Å²) in [7, 11) is 0. The number of hydrogen-bond acceptors (Lipinski definition) is 3. The second-order valence-corrected chi connectivity index (χ2v) is 6.23. The summed E-state index contributed by atoms with van der Waals surface area (Å²) in [5.74, 6) is -0.391. The molecule has 0 aliphatic heterocycles. The molecule has 0 aliphatic carbocycles. The Morgan fingerprint density at radius 3 is 2.62 bits per heavy atom. The van der Waals surface area contributed by atoms with Crippen molar-refractivity contribution in [3.63, 3.8) is 0 Å². The first kappa shape index (κ1) is 17.4. The Labute approximate surface area is 126 Å². The van der Waals surface area contributed by atoms with Gasteiger partial charge in [0.05, 0.1) is 0 Å². The van der Waals surface area contributed by atoms with Gasteiger partial charge in [-0.2, -0.15) is 0 Å². The summed E-state index contributed by atoms with van der Waals surface area (Å²) in [6, 6.07) is 5.90. The molecule has 1 atom stereocenters. The van der Waals surface area contributed by atoms with E-state index in [9.17, 15) is 9.18 Å². The van der Waals surface area contributed by atoms with E-state index in [-0.39, 0.29) is 17.3 Å². The number of nitrogens with one attached hydrogen (secondary N) is 1. The van der Waals surface area contributed by atoms with Crippen molar-refractivity contribution < 1.29 is 9.18 Å². The van der Waals surface area contributed by atoms with Crippen LogP contribution in [0, 0.1) is 5.82 Å². The highest BCUT2D eigenvalue weighted by molar-refractivity contribution is 5.85. The number of nitrogens with zero attached hydrogens (tertiary/aromatic N) is 1. The molecule has 1 aromatic rings. The first-order valence-corrected chi connectivity index (χ1v) is 7.29. The van der Waals surface area contributed by atoms with Crippen molar-refractivity contribution in [2.45, 2.75) is 45.7 Å². The van der Waals surface area contributed by atoms with Crippen LogP contribution in [0.4, 0.5) is 10.1 Å². The number of nitrogens with two attached hydrogens (primary N) is 1. The standard InChI is InChI=1S/C16H26FN3O/c1-12(15(21)19-16(2,3)4)20(10-6-9-18)14-8-5-7-13(17)11-14/h5,7-8,11-12H,6,9-10,18H2,1-4H3,(H,19,21). The molecule has 0 radical (unpaired) electrons. The van der Waals surface area contributed by atoms with E-state index in [1.165, 1.54) is 12.1 Å². The molecule has 0 saturated carbocycles. The van der Waals surface area contributed by atoms with Gasteiger partial charge in [0.25, 0.3) is 0 Å². The zero-order chi connectivity index (χ0) is 16.0. The van der Waals surface area contributed by atoms with Gasteiger partial charge in [0.15, 0.2) is 0 Å². The monoisotopic (exact) mass is 295 g/mol. The third-order valence-corrected chi connectivity index (χ3v) is 3.09. The van der Waals surface area contributed by atoms with E-state index in [2.05, 4.69) is 5.32 Å². The fourth-order valence-corrected chi connectivity index (χ4v) is 2.08. The number of carbonyl (C=O) groups is 1. The van der Waals surface area contributed by atoms with Crippen molar-refractivity contribution in [2.75, 3.05) is 18.0 Å². The molecule has 1 rings (SSSR count). The summed E-state index contributed by atoms with van der Waals surface area (Å²) >= 11 is 0. The molecule has 3 N–H and O–H groups in total. The maximum atomic E-state index is 13.4. The lowest BCUT2D eigenvalue weighted by atomic mass is 10.1. The Morgan fingerprint density at radius 1 is 1.43 bits per heavy atom. The van der Waals surface area contributed by atoms with Gasteiger partial charge in [-0.1, -0.05) is 6.07 Å². The normalized spacial score (nSPS) is 12.9. The Bertz CT molecular complexity index is 471. The van der Waals surface area contributed by atoms with Crippen LogP contribution in [-0.2, 0) is 4.79 Å². The lowest BCUT2D eigenvalue weighted by Crippen LogP contribution is -2.51. The van der Waals surface area contributed by atoms with Gasteiger partial charge in [-0.25, -0.2) is 4.39 Å². The van der Waals surface area contributed by atoms with Gasteiger partial charge in [0, 0.05) is 17.8 Å². The minimum Gasteiger partial charge on any atom is -0.360 e. The highest BCUT2D eigenvalue weighted by Gasteiger charge is 2.24. The van der Waals surface area contributed by atoms with E-state index < -0.39 is 6.04 Å². The molecule has 1 aromatic carbocycles. The van der Waals surface area contributed by atoms with E-state index >= 15 is 0 Å². The van der Waals surface area contributed by atoms with E-state index in [0.717, 1.165) is 6.42 Å². The highest BCUT2D eigenvalue weighted by atomic mass is 19.1. The number of benzene rings is 1. The maximum Gasteiger partial charge on any atom is 0.242 e. The predicted octanol–water partition coefficient (Wildman–Crippen LogP) is 2.28. The Hall–Kier alpha value is -1.62. The zero-order valence-electron chi connectivity index (χ0n) is 13.3. The van der Waals surface area contributed by atoms with Crippen LogP contribution in [0.3, 0.4) is 0 Å². The van der Waals surface area contributed by atoms with Crippen molar-refractivity contribution in [3.05, 3.63) is 30.1 Å². The number of amides is 1. The van der Waals surface area contributed by atoms with Gasteiger partial charge in [0.1, 0.15) is 11.9 Å². The SMILES string of the molecule is CC(C(=O)NC(C)(C)C)N(CCCN)c1cccc(F)c1. The summed E-state index contributed by atoms with van der Waals surface area (Å²) in [5.41, 5.74) is 5.96. The largest absolute Gasteiger partial charge is 0.360 e. The van der Waals surface area contributed by atoms with Crippen LogP contribution < -0.4 is 16.0 Å². The number of rotatable bonds is 6. The fourth-order valence-electron chi connectivity index (χ4n) is 2.08. The van der Waals surface area contributed by atoms with Gasteiger partial charge in [-0.3, -0.25) is 4.79 Å². The molecule has 0 heterocycles. The van der Waals surface area contributed by atoms with Crippen LogP contribution in [0.25, 0.3) is 0 Å². The molecule has 0 aliphatic rings. The van der Waals surface area contributed by atoms with Crippen LogP contribution in [0.5, 0.6) is 0 Å². The Morgan fingerprint density at radius 2 is 2.10 bits per heavy atom. The lowest BCUT2D eigenvalue weighted by molar-refractivity contribution is -0.123. The van der Waals surface area contributed by atoms with Gasteiger partial charge >= 0.3 is 0 Å². The summed E-state index contributed by atoms with van der Waals surface area (Å²) < 4.78 is 13.4. The molecule has 0 saturated heterocycles. The van der Waals surface area contributed by atoms with E-state index in [1.54, 1.807) is 12.1 Å². The molecular weight excluding hydrogens is 269 g/mol. The van der Waals surface area contributed by atoms with Crippen molar-refractivity contribution in [1.29, 1.82) is 0 Å². The second-order valence-electron chi connectivity index (χ2n) is 6.23. The molecule has 118 valence electrons. The quantitative estimate of drug-likeness (QED) is 0.846. The molecule has 0 fully saturated rings. The Kier molecular flexibility index (Phi) is 6.15. The lowest BCUT2D eigenvalue weighted by Gasteiger charge is -2.33. The van der Waals surface area contributed by atoms with Crippen molar-refractivity contribution in [1.82, 2.24) is 5.32 Å². The molecule has 0 spiro atoms. The van der Waals surface area contributed by atoms with Crippen molar-refractivity contribution in [3.8, 4) is 0 Å². The molecular formula is C16H26FN3O. The van der Waals surface area contributed by atoms with Crippen molar-refractivity contribution in [2.24, 2.45) is 5.73 Å². The fraction of sp³-hybridized carbons (Fsp3) is 0.562. The van der Waals surface area contributed by atoms with Crippen LogP contribution in [-0.4, -0.2) is 30.6 Å². The maximum absolute atomic E-state index is 13.4. The number of anilines is 1. The average molecular weight is 295 g/mol. The van der Waals surface area contributed by atoms with E-state index in [1.807, 2.05) is 32.6 Å². The number of hydrogen-bond donors (Lipinski definition) is 2. The van der Waals surface area contributed by atoms with E-state index in [0.29, 0.717) is 18.8 Å². The molecule has 1 unspecified atom stereocenters. The van der Waals surface area contributed by atoms with Crippen molar-refractivity contribution >= 4 is 11.6 Å². The van der Waals surface area contributed by atoms with Gasteiger partial charge in [-0.15, -0.1) is 0 Å². The van der Waals surface area contributed by atoms with Crippen LogP contribution in [0.15, 0.2) is 24.3 Å². The first-order valence-electron chi connectivity index (χ1n) is 7.29. The molecule has 4 nitrogen and oxygen atoms in total. The second kappa shape index (κ2) is 7.41. The van der Waals surface area contributed by atoms with Crippen LogP contribution >= 0.6 is 0 Å². The molecule has 5 heteroatoms. The number of halogens is 1. The van der Waals surface area contributed by atoms with Gasteiger partial charge in [-0.05, 0) is 58.9 Å². The summed E-state index contributed by atoms with van der Waals surface area (Å²) in [6.07, 6.45) is 0.740. The third-order valence-electron chi connectivity index (χ3n) is 3.09. The summed E-state index contributed by atoms with van der Waals surface area (Å²) in [5, 5.41) is 2.95. The van der Waals surface area contributed by atoms with E-state index in [4.69, 9.17) is 5.73 Å². The topological polar surface area (TPSA) is 58.4 Å². The van der Waals surface area contributed by atoms with Crippen LogP contribution in [0.2, 0.25) is 0 Å². The third kappa shape index (κ3) is 5.71. The summed E-state index contributed by atoms with van der Waals surface area (Å²) in [6.45, 7) is 8.76. The van der Waals surface area contributed by atoms with Crippen LogP contribution in [0.1, 0.15) is 34.1 Å². The predicted molar refractivity (Wildman–Crippen MR) is 84.8 cm³/mol. The first-order chi connectivity index (χ1) is 9.74. The zero-order valence-corrected chi connectivity index (χ0v) is 13.3. The minimum atomic E-state index is -0.391. The minimum absolute atomic E-state index is 0.0798. The summed E-state index contributed by atoms with van der Waals surface area (Å²) in [4.78, 5) is 14.2. The molecule has 21 heavy (non-hydrogen) atoms. The smallest absolute Gasteiger partial charge is 0.242 e. The number of carbonyl (C=O) groups excluding carboxylic acids is 1. The highest BCUT2D eigenvalue weighted by Crippen LogP contribution is 2.19. The molecule has 1 amide bonds.